The molecule has 0 amide bonds. The van der Waals surface area contributed by atoms with Crippen LogP contribution >= 0.6 is 0 Å². The highest BCUT2D eigenvalue weighted by molar-refractivity contribution is 5.85. The van der Waals surface area contributed by atoms with Gasteiger partial charge in [0.15, 0.2) is 0 Å². The minimum atomic E-state index is -0.473. The molecule has 0 spiro atoms. The van der Waals surface area contributed by atoms with Crippen molar-refractivity contribution in [2.24, 2.45) is 0 Å². The first kappa shape index (κ1) is 18.4. The SMILES string of the molecule is O=CC1NC=Cc2c(-c3ccoc3)cnc(Nc3ccc(N4CCOCC4)cc3)c21. The number of anilines is 3. The third-order valence-electron chi connectivity index (χ3n) is 5.47. The van der Waals surface area contributed by atoms with E-state index < -0.39 is 6.04 Å². The highest BCUT2D eigenvalue weighted by Crippen LogP contribution is 2.37. The zero-order chi connectivity index (χ0) is 20.3. The molecule has 3 aromatic rings. The topological polar surface area (TPSA) is 79.6 Å². The number of fused-ring (bicyclic) bond motifs is 1. The summed E-state index contributed by atoms with van der Waals surface area (Å²) < 4.78 is 10.7. The summed E-state index contributed by atoms with van der Waals surface area (Å²) in [5.41, 5.74) is 5.72. The van der Waals surface area contributed by atoms with Gasteiger partial charge in [0.1, 0.15) is 18.1 Å². The maximum Gasteiger partial charge on any atom is 0.146 e. The molecular formula is C23H22N4O3. The third-order valence-corrected chi connectivity index (χ3v) is 5.47. The van der Waals surface area contributed by atoms with Crippen LogP contribution in [0.4, 0.5) is 17.2 Å². The number of furan rings is 1. The second-order valence-corrected chi connectivity index (χ2v) is 7.24. The number of carbonyl (C=O) groups excluding carboxylic acids is 1. The summed E-state index contributed by atoms with van der Waals surface area (Å²) in [5, 5.41) is 6.49. The van der Waals surface area contributed by atoms with E-state index in [0.29, 0.717) is 5.82 Å². The number of aldehydes is 1. The van der Waals surface area contributed by atoms with E-state index in [1.807, 2.05) is 30.5 Å². The molecule has 2 aliphatic rings. The Morgan fingerprint density at radius 2 is 2.00 bits per heavy atom. The minimum Gasteiger partial charge on any atom is -0.472 e. The Balaban J connectivity index is 1.47. The van der Waals surface area contributed by atoms with E-state index in [1.165, 1.54) is 5.69 Å². The smallest absolute Gasteiger partial charge is 0.146 e. The summed E-state index contributed by atoms with van der Waals surface area (Å²) in [7, 11) is 0. The summed E-state index contributed by atoms with van der Waals surface area (Å²) in [5.74, 6) is 0.658. The second-order valence-electron chi connectivity index (χ2n) is 7.24. The van der Waals surface area contributed by atoms with E-state index >= 15 is 0 Å². The van der Waals surface area contributed by atoms with Crippen LogP contribution in [0.5, 0.6) is 0 Å². The van der Waals surface area contributed by atoms with Crippen molar-refractivity contribution in [3.63, 3.8) is 0 Å². The van der Waals surface area contributed by atoms with Crippen LogP contribution in [0.25, 0.3) is 17.2 Å². The Kier molecular flexibility index (Phi) is 4.94. The lowest BCUT2D eigenvalue weighted by atomic mass is 9.93. The molecule has 2 aromatic heterocycles. The van der Waals surface area contributed by atoms with Crippen LogP contribution in [0.1, 0.15) is 17.2 Å². The summed E-state index contributed by atoms with van der Waals surface area (Å²) >= 11 is 0. The zero-order valence-corrected chi connectivity index (χ0v) is 16.4. The Labute approximate surface area is 174 Å². The lowest BCUT2D eigenvalue weighted by molar-refractivity contribution is -0.109. The number of nitrogens with one attached hydrogen (secondary N) is 2. The van der Waals surface area contributed by atoms with Gasteiger partial charge in [-0.15, -0.1) is 0 Å². The molecule has 1 atom stereocenters. The predicted molar refractivity (Wildman–Crippen MR) is 116 cm³/mol. The van der Waals surface area contributed by atoms with Crippen LogP contribution in [0, 0.1) is 0 Å². The molecule has 7 heteroatoms. The fourth-order valence-corrected chi connectivity index (χ4v) is 3.92. The summed E-state index contributed by atoms with van der Waals surface area (Å²) in [4.78, 5) is 18.7. The third kappa shape index (κ3) is 3.44. The Morgan fingerprint density at radius 3 is 2.73 bits per heavy atom. The molecule has 1 fully saturated rings. The number of hydrogen-bond donors (Lipinski definition) is 2. The van der Waals surface area contributed by atoms with Gasteiger partial charge < -0.3 is 29.5 Å². The molecule has 1 saturated heterocycles. The standard InChI is InChI=1S/C23H22N4O3/c28-14-21-22-19(5-7-24-21)20(16-6-10-30-15-16)13-25-23(22)26-17-1-3-18(4-2-17)27-8-11-29-12-9-27/h1-7,10,13-15,21,24H,8-9,11-12H2,(H,25,26). The van der Waals surface area contributed by atoms with Gasteiger partial charge in [-0.3, -0.25) is 0 Å². The molecule has 152 valence electrons. The average molecular weight is 402 g/mol. The Hall–Kier alpha value is -3.58. The first-order valence-electron chi connectivity index (χ1n) is 9.96. The van der Waals surface area contributed by atoms with Crippen LogP contribution in [-0.4, -0.2) is 37.6 Å². The van der Waals surface area contributed by atoms with Crippen molar-refractivity contribution >= 4 is 29.6 Å². The van der Waals surface area contributed by atoms with Crippen LogP contribution in [0.15, 0.2) is 59.7 Å². The summed E-state index contributed by atoms with van der Waals surface area (Å²) in [6.07, 6.45) is 9.78. The Morgan fingerprint density at radius 1 is 1.17 bits per heavy atom. The molecule has 0 bridgehead atoms. The molecule has 0 aliphatic carbocycles. The van der Waals surface area contributed by atoms with Gasteiger partial charge in [0.2, 0.25) is 0 Å². The number of hydrogen-bond acceptors (Lipinski definition) is 7. The van der Waals surface area contributed by atoms with E-state index in [-0.39, 0.29) is 0 Å². The number of ether oxygens (including phenoxy) is 1. The highest BCUT2D eigenvalue weighted by atomic mass is 16.5. The Bertz CT molecular complexity index is 1050. The number of nitrogens with zero attached hydrogens (tertiary/aromatic N) is 2. The monoisotopic (exact) mass is 402 g/mol. The molecular weight excluding hydrogens is 380 g/mol. The van der Waals surface area contributed by atoms with Crippen molar-refractivity contribution in [3.8, 4) is 11.1 Å². The number of rotatable bonds is 5. The van der Waals surface area contributed by atoms with Crippen molar-refractivity contribution in [2.45, 2.75) is 6.04 Å². The number of pyridine rings is 1. The summed E-state index contributed by atoms with van der Waals surface area (Å²) in [6.45, 7) is 3.31. The first-order valence-corrected chi connectivity index (χ1v) is 9.96. The fraction of sp³-hybridized carbons (Fsp3) is 0.217. The van der Waals surface area contributed by atoms with E-state index in [1.54, 1.807) is 18.7 Å². The predicted octanol–water partition coefficient (Wildman–Crippen LogP) is 3.74. The molecule has 4 heterocycles. The van der Waals surface area contributed by atoms with E-state index in [9.17, 15) is 4.79 Å². The summed E-state index contributed by atoms with van der Waals surface area (Å²) in [6, 6.07) is 9.67. The van der Waals surface area contributed by atoms with Crippen LogP contribution in [0.3, 0.4) is 0 Å². The number of aromatic nitrogens is 1. The normalized spacial score (nSPS) is 17.9. The lowest BCUT2D eigenvalue weighted by Gasteiger charge is -2.29. The molecule has 7 nitrogen and oxygen atoms in total. The molecule has 0 saturated carbocycles. The molecule has 2 aliphatic heterocycles. The van der Waals surface area contributed by atoms with Crippen LogP contribution < -0.4 is 15.5 Å². The number of carbonyl (C=O) groups is 1. The first-order chi connectivity index (χ1) is 14.8. The van der Waals surface area contributed by atoms with Crippen molar-refractivity contribution in [1.29, 1.82) is 0 Å². The number of morpholine rings is 1. The maximum absolute atomic E-state index is 11.8. The lowest BCUT2D eigenvalue weighted by Crippen LogP contribution is -2.36. The van der Waals surface area contributed by atoms with Gasteiger partial charge in [0.25, 0.3) is 0 Å². The highest BCUT2D eigenvalue weighted by Gasteiger charge is 2.24. The molecule has 2 N–H and O–H groups in total. The van der Waals surface area contributed by atoms with Gasteiger partial charge in [-0.1, -0.05) is 0 Å². The van der Waals surface area contributed by atoms with Crippen molar-refractivity contribution in [2.75, 3.05) is 36.5 Å². The maximum atomic E-state index is 11.8. The molecule has 5 rings (SSSR count). The van der Waals surface area contributed by atoms with Gasteiger partial charge in [-0.05, 0) is 48.2 Å². The largest absolute Gasteiger partial charge is 0.472 e. The van der Waals surface area contributed by atoms with Gasteiger partial charge >= 0.3 is 0 Å². The van der Waals surface area contributed by atoms with Gasteiger partial charge in [-0.25, -0.2) is 4.98 Å². The zero-order valence-electron chi connectivity index (χ0n) is 16.4. The quantitative estimate of drug-likeness (QED) is 0.630. The van der Waals surface area contributed by atoms with Gasteiger partial charge in [-0.2, -0.15) is 0 Å². The van der Waals surface area contributed by atoms with E-state index in [4.69, 9.17) is 9.15 Å². The minimum absolute atomic E-state index is 0.473. The van der Waals surface area contributed by atoms with Crippen molar-refractivity contribution in [3.05, 3.63) is 66.4 Å². The van der Waals surface area contributed by atoms with Gasteiger partial charge in [0.05, 0.1) is 25.7 Å². The average Bonchev–Trinajstić information content (AvgIpc) is 3.34. The molecule has 1 unspecified atom stereocenters. The molecule has 0 radical (unpaired) electrons. The van der Waals surface area contributed by atoms with E-state index in [0.717, 1.165) is 60.5 Å². The second kappa shape index (κ2) is 8.04. The van der Waals surface area contributed by atoms with Gasteiger partial charge in [0, 0.05) is 47.4 Å². The molecule has 1 aromatic carbocycles. The fourth-order valence-electron chi connectivity index (χ4n) is 3.92. The van der Waals surface area contributed by atoms with Crippen molar-refractivity contribution < 1.29 is 13.9 Å². The van der Waals surface area contributed by atoms with Crippen LogP contribution in [0.2, 0.25) is 0 Å². The van der Waals surface area contributed by atoms with E-state index in [2.05, 4.69) is 32.7 Å². The van der Waals surface area contributed by atoms with Crippen molar-refractivity contribution in [1.82, 2.24) is 10.3 Å². The molecule has 30 heavy (non-hydrogen) atoms. The van der Waals surface area contributed by atoms with Crippen LogP contribution in [-0.2, 0) is 9.53 Å². The number of benzene rings is 1.